The summed E-state index contributed by atoms with van der Waals surface area (Å²) in [6, 6.07) is 7.99. The minimum Gasteiger partial charge on any atom is -0.379 e. The Morgan fingerprint density at radius 2 is 1.65 bits per heavy atom. The minimum absolute atomic E-state index is 0.0816. The van der Waals surface area contributed by atoms with Gasteiger partial charge in [-0.3, -0.25) is 4.79 Å². The second kappa shape index (κ2) is 9.01. The molecule has 0 bridgehead atoms. The van der Waals surface area contributed by atoms with Gasteiger partial charge in [0.15, 0.2) is 0 Å². The summed E-state index contributed by atoms with van der Waals surface area (Å²) in [6.07, 6.45) is 0. The first-order valence-corrected chi connectivity index (χ1v) is 12.3. The predicted molar refractivity (Wildman–Crippen MR) is 110 cm³/mol. The maximum atomic E-state index is 14.3. The van der Waals surface area contributed by atoms with Crippen molar-refractivity contribution in [2.24, 2.45) is 5.14 Å². The number of carbonyl (C=O) groups excluding carboxylic acids is 1. The highest BCUT2D eigenvalue weighted by Crippen LogP contribution is 2.22. The minimum atomic E-state index is -3.90. The molecule has 3 N–H and O–H groups in total. The number of sulfonamides is 2. The standard InChI is InChI=1S/C19H22FN3O6S2/c1-13(14-2-4-15(5-3-14)30(21,25)26)22-19(24)17-12-16(6-7-18(17)20)31(27,28)23-8-10-29-11-9-23/h2-7,12-13H,8-11H2,1H3,(H,22,24)(H2,21,25,26). The molecule has 3 rings (SSSR count). The van der Waals surface area contributed by atoms with Crippen LogP contribution in [-0.2, 0) is 24.8 Å². The molecule has 1 heterocycles. The van der Waals surface area contributed by atoms with Crippen molar-refractivity contribution in [3.63, 3.8) is 0 Å². The van der Waals surface area contributed by atoms with E-state index in [0.717, 1.165) is 18.2 Å². The fourth-order valence-electron chi connectivity index (χ4n) is 3.08. The van der Waals surface area contributed by atoms with Crippen LogP contribution in [-0.4, -0.2) is 53.4 Å². The largest absolute Gasteiger partial charge is 0.379 e. The van der Waals surface area contributed by atoms with Crippen molar-refractivity contribution in [3.8, 4) is 0 Å². The third kappa shape index (κ3) is 5.28. The second-order valence-corrected chi connectivity index (χ2v) is 10.5. The van der Waals surface area contributed by atoms with Crippen LogP contribution >= 0.6 is 0 Å². The molecule has 31 heavy (non-hydrogen) atoms. The molecule has 1 fully saturated rings. The van der Waals surface area contributed by atoms with Gasteiger partial charge in [-0.1, -0.05) is 12.1 Å². The van der Waals surface area contributed by atoms with Crippen LogP contribution in [0, 0.1) is 5.82 Å². The number of nitrogens with one attached hydrogen (secondary N) is 1. The van der Waals surface area contributed by atoms with E-state index >= 15 is 0 Å². The monoisotopic (exact) mass is 471 g/mol. The normalized spacial score (nSPS) is 16.6. The van der Waals surface area contributed by atoms with Crippen molar-refractivity contribution in [1.82, 2.24) is 9.62 Å². The van der Waals surface area contributed by atoms with Gasteiger partial charge in [-0.05, 0) is 42.8 Å². The molecule has 1 aliphatic rings. The molecule has 0 radical (unpaired) electrons. The van der Waals surface area contributed by atoms with Crippen LogP contribution in [0.2, 0.25) is 0 Å². The molecule has 1 atom stereocenters. The smallest absolute Gasteiger partial charge is 0.254 e. The van der Waals surface area contributed by atoms with E-state index in [1.54, 1.807) is 6.92 Å². The van der Waals surface area contributed by atoms with Crippen LogP contribution < -0.4 is 10.5 Å². The van der Waals surface area contributed by atoms with E-state index in [-0.39, 0.29) is 36.1 Å². The van der Waals surface area contributed by atoms with Gasteiger partial charge < -0.3 is 10.1 Å². The van der Waals surface area contributed by atoms with Gasteiger partial charge in [0.2, 0.25) is 20.0 Å². The van der Waals surface area contributed by atoms with E-state index in [1.807, 2.05) is 0 Å². The van der Waals surface area contributed by atoms with E-state index < -0.39 is 43.4 Å². The summed E-state index contributed by atoms with van der Waals surface area (Å²) in [5.41, 5.74) is 0.139. The molecular formula is C19H22FN3O6S2. The number of nitrogens with zero attached hydrogens (tertiary/aromatic N) is 1. The van der Waals surface area contributed by atoms with Crippen molar-refractivity contribution in [1.29, 1.82) is 0 Å². The molecule has 1 aliphatic heterocycles. The number of primary sulfonamides is 1. The van der Waals surface area contributed by atoms with Crippen LogP contribution in [0.1, 0.15) is 28.9 Å². The molecular weight excluding hydrogens is 449 g/mol. The Balaban J connectivity index is 1.80. The first-order valence-electron chi connectivity index (χ1n) is 9.31. The number of benzene rings is 2. The fraction of sp³-hybridized carbons (Fsp3) is 0.316. The fourth-order valence-corrected chi connectivity index (χ4v) is 5.03. The lowest BCUT2D eigenvalue weighted by Crippen LogP contribution is -2.40. The summed E-state index contributed by atoms with van der Waals surface area (Å²) in [4.78, 5) is 12.4. The van der Waals surface area contributed by atoms with Crippen LogP contribution in [0.4, 0.5) is 4.39 Å². The van der Waals surface area contributed by atoms with Crippen molar-refractivity contribution >= 4 is 26.0 Å². The number of hydrogen-bond donors (Lipinski definition) is 2. The van der Waals surface area contributed by atoms with Gasteiger partial charge in [-0.2, -0.15) is 4.31 Å². The second-order valence-electron chi connectivity index (χ2n) is 6.97. The van der Waals surface area contributed by atoms with Crippen LogP contribution in [0.5, 0.6) is 0 Å². The first-order chi connectivity index (χ1) is 14.5. The lowest BCUT2D eigenvalue weighted by Gasteiger charge is -2.26. The summed E-state index contributed by atoms with van der Waals surface area (Å²) in [5.74, 6) is -1.67. The summed E-state index contributed by atoms with van der Waals surface area (Å²) in [6.45, 7) is 2.49. The number of amides is 1. The molecule has 1 unspecified atom stereocenters. The number of carbonyl (C=O) groups is 1. The quantitative estimate of drug-likeness (QED) is 0.645. The predicted octanol–water partition coefficient (Wildman–Crippen LogP) is 0.985. The zero-order valence-electron chi connectivity index (χ0n) is 16.6. The first kappa shape index (κ1) is 23.3. The highest BCUT2D eigenvalue weighted by molar-refractivity contribution is 7.89. The SMILES string of the molecule is CC(NC(=O)c1cc(S(=O)(=O)N2CCOCC2)ccc1F)c1ccc(S(N)(=O)=O)cc1. The number of rotatable bonds is 6. The Hall–Kier alpha value is -2.38. The molecule has 1 amide bonds. The number of halogens is 1. The van der Waals surface area contributed by atoms with Crippen molar-refractivity contribution in [2.75, 3.05) is 26.3 Å². The lowest BCUT2D eigenvalue weighted by molar-refractivity contribution is 0.0730. The Morgan fingerprint density at radius 1 is 1.06 bits per heavy atom. The Labute approximate surface area is 180 Å². The zero-order chi connectivity index (χ0) is 22.8. The molecule has 0 aromatic heterocycles. The molecule has 0 saturated carbocycles. The molecule has 12 heteroatoms. The maximum absolute atomic E-state index is 14.3. The highest BCUT2D eigenvalue weighted by Gasteiger charge is 2.28. The van der Waals surface area contributed by atoms with Crippen LogP contribution in [0.15, 0.2) is 52.3 Å². The topological polar surface area (TPSA) is 136 Å². The Kier molecular flexibility index (Phi) is 6.76. The Bertz CT molecular complexity index is 1180. The third-order valence-electron chi connectivity index (χ3n) is 4.85. The number of nitrogens with two attached hydrogens (primary N) is 1. The molecule has 1 saturated heterocycles. The Morgan fingerprint density at radius 3 is 2.23 bits per heavy atom. The van der Waals surface area contributed by atoms with Gasteiger partial charge >= 0.3 is 0 Å². The molecule has 168 valence electrons. The maximum Gasteiger partial charge on any atom is 0.254 e. The van der Waals surface area contributed by atoms with Gasteiger partial charge in [0.25, 0.3) is 5.91 Å². The summed E-state index contributed by atoms with van der Waals surface area (Å²) in [5, 5.41) is 7.64. The average Bonchev–Trinajstić information content (AvgIpc) is 2.74. The average molecular weight is 472 g/mol. The van der Waals surface area contributed by atoms with Crippen molar-refractivity contribution in [3.05, 3.63) is 59.4 Å². The molecule has 9 nitrogen and oxygen atoms in total. The van der Waals surface area contributed by atoms with Crippen LogP contribution in [0.25, 0.3) is 0 Å². The number of morpholine rings is 1. The van der Waals surface area contributed by atoms with Crippen molar-refractivity contribution < 1.29 is 30.8 Å². The molecule has 2 aromatic carbocycles. The molecule has 0 aliphatic carbocycles. The molecule has 2 aromatic rings. The number of hydrogen-bond acceptors (Lipinski definition) is 6. The highest BCUT2D eigenvalue weighted by atomic mass is 32.2. The summed E-state index contributed by atoms with van der Waals surface area (Å²) in [7, 11) is -7.75. The number of ether oxygens (including phenoxy) is 1. The van der Waals surface area contributed by atoms with Gasteiger partial charge in [0, 0.05) is 13.1 Å². The van der Waals surface area contributed by atoms with E-state index in [2.05, 4.69) is 5.32 Å². The summed E-state index contributed by atoms with van der Waals surface area (Å²) < 4.78 is 69.0. The van der Waals surface area contributed by atoms with E-state index in [1.165, 1.54) is 28.6 Å². The zero-order valence-corrected chi connectivity index (χ0v) is 18.2. The van der Waals surface area contributed by atoms with E-state index in [9.17, 15) is 26.0 Å². The van der Waals surface area contributed by atoms with Gasteiger partial charge in [0.1, 0.15) is 5.82 Å². The van der Waals surface area contributed by atoms with E-state index in [0.29, 0.717) is 5.56 Å². The summed E-state index contributed by atoms with van der Waals surface area (Å²) >= 11 is 0. The lowest BCUT2D eigenvalue weighted by atomic mass is 10.1. The van der Waals surface area contributed by atoms with Crippen molar-refractivity contribution in [2.45, 2.75) is 22.8 Å². The van der Waals surface area contributed by atoms with Gasteiger partial charge in [-0.25, -0.2) is 26.4 Å². The van der Waals surface area contributed by atoms with Crippen LogP contribution in [0.3, 0.4) is 0 Å². The molecule has 0 spiro atoms. The van der Waals surface area contributed by atoms with Gasteiger partial charge in [0.05, 0.1) is 34.6 Å². The van der Waals surface area contributed by atoms with Gasteiger partial charge in [-0.15, -0.1) is 0 Å². The van der Waals surface area contributed by atoms with E-state index in [4.69, 9.17) is 9.88 Å². The third-order valence-corrected chi connectivity index (χ3v) is 7.67.